The van der Waals surface area contributed by atoms with Crippen LogP contribution in [-0.4, -0.2) is 22.1 Å². The smallest absolute Gasteiger partial charge is 0.343 e. The molecule has 1 aliphatic rings. The molecular weight excluding hydrogens is 174 g/mol. The molecule has 1 aliphatic heterocycles. The molecule has 64 valence electrons. The van der Waals surface area contributed by atoms with E-state index in [1.807, 2.05) is 0 Å². The molecular formula is C4H7NO5S. The van der Waals surface area contributed by atoms with Gasteiger partial charge in [-0.3, -0.25) is 8.91 Å². The minimum absolute atomic E-state index is 0.0720. The fraction of sp³-hybridized carbons (Fsp3) is 0.500. The van der Waals surface area contributed by atoms with Gasteiger partial charge < -0.3 is 4.89 Å². The van der Waals surface area contributed by atoms with Gasteiger partial charge in [-0.1, -0.05) is 0 Å². The predicted molar refractivity (Wildman–Crippen MR) is 34.2 cm³/mol. The van der Waals surface area contributed by atoms with Gasteiger partial charge in [0, 0.05) is 0 Å². The van der Waals surface area contributed by atoms with Gasteiger partial charge in [-0.05, 0) is 0 Å². The van der Waals surface area contributed by atoms with Crippen molar-refractivity contribution in [3.05, 3.63) is 12.0 Å². The van der Waals surface area contributed by atoms with E-state index in [9.17, 15) is 8.42 Å². The van der Waals surface area contributed by atoms with Crippen molar-refractivity contribution in [2.45, 2.75) is 0 Å². The second-order valence-electron chi connectivity index (χ2n) is 1.72. The van der Waals surface area contributed by atoms with Gasteiger partial charge in [0.15, 0.2) is 6.26 Å². The zero-order chi connectivity index (χ0) is 8.32. The van der Waals surface area contributed by atoms with Crippen LogP contribution in [0.15, 0.2) is 12.0 Å². The van der Waals surface area contributed by atoms with E-state index in [0.717, 1.165) is 13.4 Å². The van der Waals surface area contributed by atoms with E-state index < -0.39 is 10.3 Å². The Bertz CT molecular complexity index is 256. The van der Waals surface area contributed by atoms with E-state index in [0.29, 0.717) is 5.70 Å². The average molecular weight is 181 g/mol. The summed E-state index contributed by atoms with van der Waals surface area (Å²) < 4.78 is 27.5. The molecule has 0 amide bonds. The molecule has 1 rings (SSSR count). The van der Waals surface area contributed by atoms with Crippen LogP contribution in [0.1, 0.15) is 0 Å². The third-order valence-electron chi connectivity index (χ3n) is 0.948. The summed E-state index contributed by atoms with van der Waals surface area (Å²) >= 11 is 0. The van der Waals surface area contributed by atoms with Crippen LogP contribution >= 0.6 is 0 Å². The molecule has 1 heterocycles. The molecule has 0 radical (unpaired) electrons. The van der Waals surface area contributed by atoms with Crippen LogP contribution in [-0.2, 0) is 24.3 Å². The maximum atomic E-state index is 10.7. The summed E-state index contributed by atoms with van der Waals surface area (Å²) in [5.41, 5.74) is 0.298. The minimum atomic E-state index is -3.68. The highest BCUT2D eigenvalue weighted by Gasteiger charge is 2.14. The highest BCUT2D eigenvalue weighted by Crippen LogP contribution is 2.03. The van der Waals surface area contributed by atoms with Gasteiger partial charge in [-0.15, -0.1) is 0 Å². The van der Waals surface area contributed by atoms with Crippen molar-refractivity contribution >= 4 is 10.3 Å². The Hall–Kier alpha value is -0.790. The number of hydrogen-bond acceptors (Lipinski definition) is 5. The van der Waals surface area contributed by atoms with Gasteiger partial charge in [-0.25, -0.2) is 0 Å². The van der Waals surface area contributed by atoms with Crippen molar-refractivity contribution in [2.75, 3.05) is 13.7 Å². The van der Waals surface area contributed by atoms with Crippen LogP contribution in [0.5, 0.6) is 0 Å². The first kappa shape index (κ1) is 8.31. The quantitative estimate of drug-likeness (QED) is 0.581. The second kappa shape index (κ2) is 3.07. The van der Waals surface area contributed by atoms with Crippen LogP contribution in [0.3, 0.4) is 0 Å². The minimum Gasteiger partial charge on any atom is -0.343 e. The van der Waals surface area contributed by atoms with E-state index in [1.54, 1.807) is 0 Å². The Morgan fingerprint density at radius 1 is 1.73 bits per heavy atom. The van der Waals surface area contributed by atoms with E-state index in [-0.39, 0.29) is 6.61 Å². The molecule has 0 fully saturated rings. The summed E-state index contributed by atoms with van der Waals surface area (Å²) in [7, 11) is -2.63. The first-order chi connectivity index (χ1) is 5.14. The molecule has 0 bridgehead atoms. The van der Waals surface area contributed by atoms with Gasteiger partial charge >= 0.3 is 10.3 Å². The summed E-state index contributed by atoms with van der Waals surface area (Å²) in [5.74, 6) is 0. The summed E-state index contributed by atoms with van der Waals surface area (Å²) in [4.78, 5) is 8.68. The van der Waals surface area contributed by atoms with Crippen molar-refractivity contribution in [1.29, 1.82) is 0 Å². The molecule has 6 nitrogen and oxygen atoms in total. The summed E-state index contributed by atoms with van der Waals surface area (Å²) in [6.07, 6.45) is 1.15. The van der Waals surface area contributed by atoms with E-state index in [4.69, 9.17) is 0 Å². The maximum absolute atomic E-state index is 10.7. The first-order valence-corrected chi connectivity index (χ1v) is 4.10. The lowest BCUT2D eigenvalue weighted by Crippen LogP contribution is -2.24. The standard InChI is InChI=1S/C4H7NO5S/c1-8-11(6,7)5-4-2-9-10-3-4/h2,5H,3H2,1H3. The fourth-order valence-electron chi connectivity index (χ4n) is 0.479. The SMILES string of the molecule is COS(=O)(=O)NC1=COOC1. The molecule has 0 aromatic heterocycles. The molecule has 0 unspecified atom stereocenters. The highest BCUT2D eigenvalue weighted by molar-refractivity contribution is 7.84. The lowest BCUT2D eigenvalue weighted by Gasteiger charge is -2.01. The highest BCUT2D eigenvalue weighted by atomic mass is 32.2. The number of rotatable bonds is 3. The Labute approximate surface area is 63.9 Å². The predicted octanol–water partition coefficient (Wildman–Crippen LogP) is -0.730. The molecule has 0 aromatic carbocycles. The van der Waals surface area contributed by atoms with E-state index in [1.165, 1.54) is 0 Å². The van der Waals surface area contributed by atoms with Gasteiger partial charge in [-0.2, -0.15) is 13.3 Å². The molecule has 0 saturated heterocycles. The van der Waals surface area contributed by atoms with Crippen molar-refractivity contribution in [3.63, 3.8) is 0 Å². The van der Waals surface area contributed by atoms with Crippen LogP contribution in [0, 0.1) is 0 Å². The second-order valence-corrected chi connectivity index (χ2v) is 3.17. The van der Waals surface area contributed by atoms with Crippen LogP contribution in [0.4, 0.5) is 0 Å². The van der Waals surface area contributed by atoms with Crippen LogP contribution < -0.4 is 4.72 Å². The molecule has 0 aliphatic carbocycles. The number of hydrogen-bond donors (Lipinski definition) is 1. The fourth-order valence-corrected chi connectivity index (χ4v) is 0.991. The molecule has 0 aromatic rings. The summed E-state index contributed by atoms with van der Waals surface area (Å²) in [6, 6.07) is 0. The molecule has 11 heavy (non-hydrogen) atoms. The lowest BCUT2D eigenvalue weighted by atomic mass is 10.6. The molecule has 1 N–H and O–H groups in total. The normalized spacial score (nSPS) is 17.4. The molecule has 0 atom stereocenters. The first-order valence-electron chi connectivity index (χ1n) is 2.70. The Kier molecular flexibility index (Phi) is 2.32. The van der Waals surface area contributed by atoms with Crippen molar-refractivity contribution in [3.8, 4) is 0 Å². The van der Waals surface area contributed by atoms with Crippen LogP contribution in [0.25, 0.3) is 0 Å². The topological polar surface area (TPSA) is 73.9 Å². The number of nitrogens with one attached hydrogen (secondary N) is 1. The summed E-state index contributed by atoms with van der Waals surface area (Å²) in [6.45, 7) is 0.0720. The molecule has 7 heteroatoms. The maximum Gasteiger partial charge on any atom is 0.359 e. The van der Waals surface area contributed by atoms with E-state index >= 15 is 0 Å². The Morgan fingerprint density at radius 2 is 2.45 bits per heavy atom. The largest absolute Gasteiger partial charge is 0.359 e. The van der Waals surface area contributed by atoms with Crippen LogP contribution in [0.2, 0.25) is 0 Å². The van der Waals surface area contributed by atoms with Gasteiger partial charge in [0.2, 0.25) is 0 Å². The summed E-state index contributed by atoms with van der Waals surface area (Å²) in [5, 5.41) is 0. The van der Waals surface area contributed by atoms with Gasteiger partial charge in [0.1, 0.15) is 6.61 Å². The third kappa shape index (κ3) is 2.37. The Balaban J connectivity index is 2.54. The van der Waals surface area contributed by atoms with E-state index in [2.05, 4.69) is 18.7 Å². The van der Waals surface area contributed by atoms with Crippen molar-refractivity contribution < 1.29 is 22.4 Å². The molecule has 0 saturated carbocycles. The average Bonchev–Trinajstić information content (AvgIpc) is 2.39. The van der Waals surface area contributed by atoms with Gasteiger partial charge in [0.25, 0.3) is 0 Å². The molecule has 0 spiro atoms. The monoisotopic (exact) mass is 181 g/mol. The Morgan fingerprint density at radius 3 is 2.91 bits per heavy atom. The lowest BCUT2D eigenvalue weighted by molar-refractivity contribution is -0.221. The van der Waals surface area contributed by atoms with Crippen molar-refractivity contribution in [2.24, 2.45) is 0 Å². The van der Waals surface area contributed by atoms with Crippen molar-refractivity contribution in [1.82, 2.24) is 4.72 Å². The third-order valence-corrected chi connectivity index (χ3v) is 1.90. The zero-order valence-electron chi connectivity index (χ0n) is 5.73. The van der Waals surface area contributed by atoms with Gasteiger partial charge in [0.05, 0.1) is 12.8 Å². The zero-order valence-corrected chi connectivity index (χ0v) is 6.55.